The summed E-state index contributed by atoms with van der Waals surface area (Å²) < 4.78 is 0. The maximum Gasteiger partial charge on any atom is 0.0706 e. The molecule has 0 radical (unpaired) electrons. The highest BCUT2D eigenvalue weighted by Crippen LogP contribution is 2.25. The standard InChI is InChI=1S/C17H15ClN2/c1-12-5-4-7-15(18)17(12)19-11-14-10-9-13-6-2-3-8-16(13)20-14/h2-10,19H,11H2,1H3. The van der Waals surface area contributed by atoms with Crippen LogP contribution >= 0.6 is 11.6 Å². The van der Waals surface area contributed by atoms with Gasteiger partial charge in [-0.3, -0.25) is 4.98 Å². The van der Waals surface area contributed by atoms with Gasteiger partial charge in [0.1, 0.15) is 0 Å². The first kappa shape index (κ1) is 12.9. The molecule has 2 nitrogen and oxygen atoms in total. The lowest BCUT2D eigenvalue weighted by Crippen LogP contribution is -2.03. The summed E-state index contributed by atoms with van der Waals surface area (Å²) in [4.78, 5) is 4.64. The van der Waals surface area contributed by atoms with Crippen LogP contribution in [0.4, 0.5) is 5.69 Å². The molecule has 3 aromatic rings. The normalized spacial score (nSPS) is 10.7. The monoisotopic (exact) mass is 282 g/mol. The van der Waals surface area contributed by atoms with Crippen molar-refractivity contribution < 1.29 is 0 Å². The Morgan fingerprint density at radius 1 is 1.00 bits per heavy atom. The van der Waals surface area contributed by atoms with Crippen LogP contribution in [0.15, 0.2) is 54.6 Å². The highest BCUT2D eigenvalue weighted by Gasteiger charge is 2.04. The summed E-state index contributed by atoms with van der Waals surface area (Å²) in [7, 11) is 0. The quantitative estimate of drug-likeness (QED) is 0.746. The number of hydrogen-bond acceptors (Lipinski definition) is 2. The molecule has 3 heteroatoms. The summed E-state index contributed by atoms with van der Waals surface area (Å²) in [5.41, 5.74) is 4.13. The zero-order valence-corrected chi connectivity index (χ0v) is 12.0. The minimum absolute atomic E-state index is 0.662. The van der Waals surface area contributed by atoms with E-state index >= 15 is 0 Å². The molecule has 0 amide bonds. The molecule has 0 saturated heterocycles. The Bertz CT molecular complexity index is 733. The molecule has 0 aliphatic heterocycles. The van der Waals surface area contributed by atoms with Crippen molar-refractivity contribution in [1.82, 2.24) is 4.98 Å². The lowest BCUT2D eigenvalue weighted by molar-refractivity contribution is 1.06. The second kappa shape index (κ2) is 5.51. The number of nitrogens with zero attached hydrogens (tertiary/aromatic N) is 1. The summed E-state index contributed by atoms with van der Waals surface area (Å²) in [6, 6.07) is 18.2. The van der Waals surface area contributed by atoms with Crippen molar-refractivity contribution in [2.24, 2.45) is 0 Å². The molecule has 100 valence electrons. The Morgan fingerprint density at radius 2 is 1.85 bits per heavy atom. The fourth-order valence-electron chi connectivity index (χ4n) is 2.24. The lowest BCUT2D eigenvalue weighted by atomic mass is 10.2. The van der Waals surface area contributed by atoms with Gasteiger partial charge in [-0.2, -0.15) is 0 Å². The molecule has 0 atom stereocenters. The second-order valence-corrected chi connectivity index (χ2v) is 5.19. The van der Waals surface area contributed by atoms with Crippen molar-refractivity contribution in [3.05, 3.63) is 70.9 Å². The molecule has 0 aliphatic rings. The number of aromatic nitrogens is 1. The van der Waals surface area contributed by atoms with Crippen molar-refractivity contribution in [2.45, 2.75) is 13.5 Å². The Morgan fingerprint density at radius 3 is 2.70 bits per heavy atom. The number of nitrogens with one attached hydrogen (secondary N) is 1. The zero-order valence-electron chi connectivity index (χ0n) is 11.2. The van der Waals surface area contributed by atoms with E-state index in [0.29, 0.717) is 6.54 Å². The molecule has 3 rings (SSSR count). The van der Waals surface area contributed by atoms with Crippen molar-refractivity contribution in [2.75, 3.05) is 5.32 Å². The Labute approximate surface area is 123 Å². The van der Waals surface area contributed by atoms with E-state index in [9.17, 15) is 0 Å². The minimum Gasteiger partial charge on any atom is -0.378 e. The van der Waals surface area contributed by atoms with Crippen LogP contribution in [0, 0.1) is 6.92 Å². The molecule has 1 heterocycles. The van der Waals surface area contributed by atoms with Crippen LogP contribution in [0.5, 0.6) is 0 Å². The number of halogens is 1. The molecule has 0 saturated carbocycles. The molecule has 0 unspecified atom stereocenters. The van der Waals surface area contributed by atoms with Crippen molar-refractivity contribution >= 4 is 28.2 Å². The molecule has 1 N–H and O–H groups in total. The smallest absolute Gasteiger partial charge is 0.0706 e. The van der Waals surface area contributed by atoms with Gasteiger partial charge in [-0.15, -0.1) is 0 Å². The molecule has 1 aromatic heterocycles. The van der Waals surface area contributed by atoms with Gasteiger partial charge in [-0.1, -0.05) is 48.0 Å². The van der Waals surface area contributed by atoms with Gasteiger partial charge < -0.3 is 5.32 Å². The van der Waals surface area contributed by atoms with E-state index in [0.717, 1.165) is 32.9 Å². The topological polar surface area (TPSA) is 24.9 Å². The average molecular weight is 283 g/mol. The molecule has 2 aromatic carbocycles. The molecular weight excluding hydrogens is 268 g/mol. The summed E-state index contributed by atoms with van der Waals surface area (Å²) in [5.74, 6) is 0. The molecule has 0 bridgehead atoms. The number of aryl methyl sites for hydroxylation is 1. The predicted molar refractivity (Wildman–Crippen MR) is 85.3 cm³/mol. The molecule has 0 aliphatic carbocycles. The third-order valence-electron chi connectivity index (χ3n) is 3.32. The van der Waals surface area contributed by atoms with Crippen molar-refractivity contribution in [3.8, 4) is 0 Å². The number of fused-ring (bicyclic) bond motifs is 1. The summed E-state index contributed by atoms with van der Waals surface area (Å²) >= 11 is 6.21. The average Bonchev–Trinajstić information content (AvgIpc) is 2.46. The van der Waals surface area contributed by atoms with Crippen molar-refractivity contribution in [3.63, 3.8) is 0 Å². The number of anilines is 1. The maximum atomic E-state index is 6.21. The maximum absolute atomic E-state index is 6.21. The first-order valence-corrected chi connectivity index (χ1v) is 6.95. The fourth-order valence-corrected chi connectivity index (χ4v) is 2.53. The second-order valence-electron chi connectivity index (χ2n) is 4.78. The van der Waals surface area contributed by atoms with Crippen LogP contribution in [0.3, 0.4) is 0 Å². The number of hydrogen-bond donors (Lipinski definition) is 1. The van der Waals surface area contributed by atoms with Gasteiger partial charge >= 0.3 is 0 Å². The van der Waals surface area contributed by atoms with E-state index < -0.39 is 0 Å². The van der Waals surface area contributed by atoms with E-state index in [4.69, 9.17) is 11.6 Å². The van der Waals surface area contributed by atoms with Gasteiger partial charge in [0.05, 0.1) is 28.5 Å². The van der Waals surface area contributed by atoms with Gasteiger partial charge in [0, 0.05) is 5.39 Å². The van der Waals surface area contributed by atoms with Crippen LogP contribution < -0.4 is 5.32 Å². The molecular formula is C17H15ClN2. The predicted octanol–water partition coefficient (Wildman–Crippen LogP) is 4.81. The summed E-state index contributed by atoms with van der Waals surface area (Å²) in [6.07, 6.45) is 0. The van der Waals surface area contributed by atoms with Gasteiger partial charge in [-0.25, -0.2) is 0 Å². The highest BCUT2D eigenvalue weighted by molar-refractivity contribution is 6.33. The van der Waals surface area contributed by atoms with Crippen LogP contribution in [0.1, 0.15) is 11.3 Å². The Kier molecular flexibility index (Phi) is 3.57. The van der Waals surface area contributed by atoms with E-state index in [2.05, 4.69) is 22.4 Å². The van der Waals surface area contributed by atoms with Crippen LogP contribution in [-0.4, -0.2) is 4.98 Å². The van der Waals surface area contributed by atoms with Crippen LogP contribution in [0.25, 0.3) is 10.9 Å². The van der Waals surface area contributed by atoms with E-state index in [-0.39, 0.29) is 0 Å². The van der Waals surface area contributed by atoms with E-state index in [1.165, 1.54) is 0 Å². The van der Waals surface area contributed by atoms with Gasteiger partial charge in [0.25, 0.3) is 0 Å². The minimum atomic E-state index is 0.662. The third-order valence-corrected chi connectivity index (χ3v) is 3.64. The van der Waals surface area contributed by atoms with E-state index in [1.54, 1.807) is 0 Å². The zero-order chi connectivity index (χ0) is 13.9. The highest BCUT2D eigenvalue weighted by atomic mass is 35.5. The molecule has 0 fully saturated rings. The third kappa shape index (κ3) is 2.61. The number of benzene rings is 2. The first-order chi connectivity index (χ1) is 9.74. The fraction of sp³-hybridized carbons (Fsp3) is 0.118. The van der Waals surface area contributed by atoms with Crippen LogP contribution in [-0.2, 0) is 6.54 Å². The molecule has 0 spiro atoms. The molecule has 20 heavy (non-hydrogen) atoms. The Hall–Kier alpha value is -2.06. The van der Waals surface area contributed by atoms with Gasteiger partial charge in [0.15, 0.2) is 0 Å². The van der Waals surface area contributed by atoms with Gasteiger partial charge in [0.2, 0.25) is 0 Å². The SMILES string of the molecule is Cc1cccc(Cl)c1NCc1ccc2ccccc2n1. The first-order valence-electron chi connectivity index (χ1n) is 6.58. The van der Waals surface area contributed by atoms with Crippen molar-refractivity contribution in [1.29, 1.82) is 0 Å². The van der Waals surface area contributed by atoms with E-state index in [1.807, 2.05) is 49.4 Å². The Balaban J connectivity index is 1.83. The van der Waals surface area contributed by atoms with Crippen LogP contribution in [0.2, 0.25) is 5.02 Å². The number of rotatable bonds is 3. The number of pyridine rings is 1. The summed E-state index contributed by atoms with van der Waals surface area (Å²) in [5, 5.41) is 5.27. The van der Waals surface area contributed by atoms with Gasteiger partial charge in [-0.05, 0) is 30.7 Å². The number of para-hydroxylation sites is 2. The summed E-state index contributed by atoms with van der Waals surface area (Å²) in [6.45, 7) is 2.71. The largest absolute Gasteiger partial charge is 0.378 e. The lowest BCUT2D eigenvalue weighted by Gasteiger charge is -2.11.